The number of carbonyl (C=O) groups is 1. The normalized spacial score (nSPS) is 26.9. The molecule has 1 unspecified atom stereocenters. The molecule has 7 heteroatoms. The molecule has 0 bridgehead atoms. The fraction of sp³-hybridized carbons (Fsp3) is 0.448. The monoisotopic (exact) mass is 503 g/mol. The summed E-state index contributed by atoms with van der Waals surface area (Å²) in [5.74, 6) is 1.10. The van der Waals surface area contributed by atoms with E-state index in [2.05, 4.69) is 15.6 Å². The molecule has 1 spiro atoms. The van der Waals surface area contributed by atoms with Gasteiger partial charge in [0.05, 0.1) is 22.2 Å². The summed E-state index contributed by atoms with van der Waals surface area (Å²) < 4.78 is 27.0. The van der Waals surface area contributed by atoms with Crippen LogP contribution in [0.1, 0.15) is 44.9 Å². The number of rotatable bonds is 5. The van der Waals surface area contributed by atoms with Crippen LogP contribution in [0, 0.1) is 11.8 Å². The minimum atomic E-state index is -3.40. The van der Waals surface area contributed by atoms with Crippen LogP contribution < -0.4 is 10.6 Å². The number of ketones is 1. The van der Waals surface area contributed by atoms with Gasteiger partial charge in [-0.2, -0.15) is 0 Å². The number of anilines is 1. The first-order valence-electron chi connectivity index (χ1n) is 13.1. The van der Waals surface area contributed by atoms with Gasteiger partial charge in [0.2, 0.25) is 0 Å². The third kappa shape index (κ3) is 4.22. The standard InChI is InChI=1S/C29H33N3O3S/c1-30-26-12-15-31-27-16-21(6-9-24(26)27)19-4-7-22(8-5-19)36(34,35)23-10-13-29(14-11-23)17-25(20-2-3-20)28(33)18-32-29/h4-9,12,15-16,20,23,25,32H,2-3,10-11,13-14,17-18H2,1H3,(H,30,31). The maximum absolute atomic E-state index is 13.5. The first-order chi connectivity index (χ1) is 17.4. The average Bonchev–Trinajstić information content (AvgIpc) is 3.75. The van der Waals surface area contributed by atoms with Crippen LogP contribution in [0.2, 0.25) is 0 Å². The molecule has 3 aliphatic rings. The Kier molecular flexibility index (Phi) is 5.88. The number of pyridine rings is 1. The van der Waals surface area contributed by atoms with Crippen LogP contribution in [0.15, 0.2) is 59.6 Å². The highest BCUT2D eigenvalue weighted by Gasteiger charge is 2.48. The van der Waals surface area contributed by atoms with Crippen molar-refractivity contribution in [3.8, 4) is 11.1 Å². The molecule has 1 saturated heterocycles. The summed E-state index contributed by atoms with van der Waals surface area (Å²) in [4.78, 5) is 17.3. The minimum Gasteiger partial charge on any atom is -0.388 e. The Morgan fingerprint density at radius 2 is 1.69 bits per heavy atom. The van der Waals surface area contributed by atoms with Gasteiger partial charge >= 0.3 is 0 Å². The van der Waals surface area contributed by atoms with E-state index in [1.165, 1.54) is 12.8 Å². The highest BCUT2D eigenvalue weighted by atomic mass is 32.2. The number of nitrogens with zero attached hydrogens (tertiary/aromatic N) is 1. The number of nitrogens with one attached hydrogen (secondary N) is 2. The summed E-state index contributed by atoms with van der Waals surface area (Å²) in [6.07, 6.45) is 7.95. The Balaban J connectivity index is 1.17. The van der Waals surface area contributed by atoms with E-state index in [0.29, 0.717) is 36.0 Å². The summed E-state index contributed by atoms with van der Waals surface area (Å²) in [5, 5.41) is 7.38. The largest absolute Gasteiger partial charge is 0.388 e. The van der Waals surface area contributed by atoms with Gasteiger partial charge in [0.1, 0.15) is 5.78 Å². The molecule has 1 atom stereocenters. The van der Waals surface area contributed by atoms with Crippen LogP contribution in [0.4, 0.5) is 5.69 Å². The number of hydrogen-bond acceptors (Lipinski definition) is 6. The average molecular weight is 504 g/mol. The summed E-state index contributed by atoms with van der Waals surface area (Å²) >= 11 is 0. The van der Waals surface area contributed by atoms with Crippen molar-refractivity contribution in [2.45, 2.75) is 60.6 Å². The molecule has 6 rings (SSSR count). The molecule has 2 aromatic carbocycles. The topological polar surface area (TPSA) is 88.2 Å². The van der Waals surface area contributed by atoms with E-state index in [-0.39, 0.29) is 16.7 Å². The smallest absolute Gasteiger partial charge is 0.181 e. The number of benzene rings is 2. The van der Waals surface area contributed by atoms with Crippen LogP contribution in [-0.4, -0.2) is 43.6 Å². The van der Waals surface area contributed by atoms with Crippen LogP contribution in [0.5, 0.6) is 0 Å². The highest BCUT2D eigenvalue weighted by Crippen LogP contribution is 2.46. The predicted octanol–water partition coefficient (Wildman–Crippen LogP) is 4.99. The molecule has 2 N–H and O–H groups in total. The van der Waals surface area contributed by atoms with Crippen molar-refractivity contribution in [3.05, 3.63) is 54.7 Å². The Morgan fingerprint density at radius 3 is 2.39 bits per heavy atom. The lowest BCUT2D eigenvalue weighted by atomic mass is 9.71. The van der Waals surface area contributed by atoms with Gasteiger partial charge in [-0.25, -0.2) is 8.42 Å². The lowest BCUT2D eigenvalue weighted by Gasteiger charge is -2.45. The first-order valence-corrected chi connectivity index (χ1v) is 14.6. The number of sulfone groups is 1. The fourth-order valence-corrected chi connectivity index (χ4v) is 8.11. The molecule has 3 aromatic rings. The van der Waals surface area contributed by atoms with Crippen molar-refractivity contribution in [3.63, 3.8) is 0 Å². The van der Waals surface area contributed by atoms with Crippen molar-refractivity contribution in [1.82, 2.24) is 10.3 Å². The van der Waals surface area contributed by atoms with E-state index in [0.717, 1.165) is 47.0 Å². The third-order valence-corrected chi connectivity index (χ3v) is 11.0. The molecule has 188 valence electrons. The molecule has 2 heterocycles. The van der Waals surface area contributed by atoms with Crippen molar-refractivity contribution >= 4 is 32.2 Å². The Labute approximate surface area is 212 Å². The van der Waals surface area contributed by atoms with Gasteiger partial charge in [-0.05, 0) is 86.3 Å². The SMILES string of the molecule is CNc1ccnc2cc(-c3ccc(S(=O)(=O)C4CCC5(CC4)CC(C4CC4)C(=O)CN5)cc3)ccc12. The van der Waals surface area contributed by atoms with Gasteiger partial charge in [-0.15, -0.1) is 0 Å². The zero-order chi connectivity index (χ0) is 24.9. The second kappa shape index (κ2) is 8.96. The predicted molar refractivity (Wildman–Crippen MR) is 143 cm³/mol. The number of piperidine rings is 1. The van der Waals surface area contributed by atoms with Crippen molar-refractivity contribution in [2.24, 2.45) is 11.8 Å². The maximum Gasteiger partial charge on any atom is 0.181 e. The Morgan fingerprint density at radius 1 is 0.972 bits per heavy atom. The summed E-state index contributed by atoms with van der Waals surface area (Å²) in [5.41, 5.74) is 3.84. The van der Waals surface area contributed by atoms with Gasteiger partial charge in [0, 0.05) is 35.8 Å². The molecule has 1 aromatic heterocycles. The van der Waals surface area contributed by atoms with Crippen molar-refractivity contribution < 1.29 is 13.2 Å². The second-order valence-corrected chi connectivity index (χ2v) is 13.1. The van der Waals surface area contributed by atoms with Crippen LogP contribution >= 0.6 is 0 Å². The zero-order valence-electron chi connectivity index (χ0n) is 20.7. The number of carbonyl (C=O) groups excluding carboxylic acids is 1. The molecule has 1 aliphatic heterocycles. The molecular formula is C29H33N3O3S. The molecule has 2 saturated carbocycles. The van der Waals surface area contributed by atoms with Gasteiger partial charge < -0.3 is 10.6 Å². The van der Waals surface area contributed by atoms with E-state index in [1.54, 1.807) is 18.3 Å². The molecule has 36 heavy (non-hydrogen) atoms. The molecule has 0 amide bonds. The molecule has 3 fully saturated rings. The van der Waals surface area contributed by atoms with Gasteiger partial charge in [0.25, 0.3) is 0 Å². The van der Waals surface area contributed by atoms with Crippen molar-refractivity contribution in [1.29, 1.82) is 0 Å². The number of aromatic nitrogens is 1. The van der Waals surface area contributed by atoms with Gasteiger partial charge in [-0.3, -0.25) is 9.78 Å². The Bertz CT molecular complexity index is 1410. The highest BCUT2D eigenvalue weighted by molar-refractivity contribution is 7.92. The first kappa shape index (κ1) is 23.6. The van der Waals surface area contributed by atoms with Crippen LogP contribution in [0.25, 0.3) is 22.0 Å². The fourth-order valence-electron chi connectivity index (χ4n) is 6.35. The maximum atomic E-state index is 13.5. The number of fused-ring (bicyclic) bond motifs is 1. The van der Waals surface area contributed by atoms with E-state index < -0.39 is 9.84 Å². The third-order valence-electron chi connectivity index (χ3n) is 8.71. The minimum absolute atomic E-state index is 0.0612. The zero-order valence-corrected chi connectivity index (χ0v) is 21.5. The number of Topliss-reactive ketones (excluding diaryl/α,β-unsaturated/α-hetero) is 1. The van der Waals surface area contributed by atoms with Crippen LogP contribution in [0.3, 0.4) is 0 Å². The van der Waals surface area contributed by atoms with Gasteiger partial charge in [0.15, 0.2) is 9.84 Å². The van der Waals surface area contributed by atoms with Crippen LogP contribution in [-0.2, 0) is 14.6 Å². The van der Waals surface area contributed by atoms with E-state index in [4.69, 9.17) is 0 Å². The number of hydrogen-bond donors (Lipinski definition) is 2. The lowest BCUT2D eigenvalue weighted by Crippen LogP contribution is -2.57. The quantitative estimate of drug-likeness (QED) is 0.510. The molecule has 6 nitrogen and oxygen atoms in total. The molecule has 0 radical (unpaired) electrons. The summed E-state index contributed by atoms with van der Waals surface area (Å²) in [7, 11) is -1.51. The second-order valence-electron chi connectivity index (χ2n) is 10.9. The lowest BCUT2D eigenvalue weighted by molar-refractivity contribution is -0.126. The molecular weight excluding hydrogens is 470 g/mol. The van der Waals surface area contributed by atoms with E-state index in [1.807, 2.05) is 43.4 Å². The molecule has 2 aliphatic carbocycles. The Hall–Kier alpha value is -2.77. The van der Waals surface area contributed by atoms with E-state index >= 15 is 0 Å². The summed E-state index contributed by atoms with van der Waals surface area (Å²) in [6.45, 7) is 0.445. The van der Waals surface area contributed by atoms with Crippen molar-refractivity contribution in [2.75, 3.05) is 18.9 Å². The summed E-state index contributed by atoms with van der Waals surface area (Å²) in [6, 6.07) is 15.4. The van der Waals surface area contributed by atoms with Gasteiger partial charge in [-0.1, -0.05) is 24.3 Å². The van der Waals surface area contributed by atoms with E-state index in [9.17, 15) is 13.2 Å².